The van der Waals surface area contributed by atoms with Gasteiger partial charge in [-0.05, 0) is 24.7 Å². The van der Waals surface area contributed by atoms with Gasteiger partial charge in [0.15, 0.2) is 0 Å². The van der Waals surface area contributed by atoms with Crippen LogP contribution in [0.25, 0.3) is 0 Å². The number of nitrogens with two attached hydrogens (primary N) is 1. The number of thioether (sulfide) groups is 1. The van der Waals surface area contributed by atoms with Crippen molar-refractivity contribution in [1.82, 2.24) is 4.98 Å². The summed E-state index contributed by atoms with van der Waals surface area (Å²) in [5.74, 6) is 1.30. The Morgan fingerprint density at radius 1 is 1.64 bits per heavy atom. The van der Waals surface area contributed by atoms with Crippen molar-refractivity contribution >= 4 is 23.1 Å². The smallest absolute Gasteiger partial charge is 0.0760 e. The predicted octanol–water partition coefficient (Wildman–Crippen LogP) is 1.97. The molecule has 0 saturated carbocycles. The van der Waals surface area contributed by atoms with Crippen LogP contribution in [0.2, 0.25) is 0 Å². The molecule has 14 heavy (non-hydrogen) atoms. The Hall–Kier alpha value is -0.900. The molecule has 1 aromatic rings. The molecule has 0 aromatic carbocycles. The van der Waals surface area contributed by atoms with Gasteiger partial charge in [0.1, 0.15) is 0 Å². The van der Waals surface area contributed by atoms with Gasteiger partial charge in [0.25, 0.3) is 0 Å². The maximum absolute atomic E-state index is 5.80. The van der Waals surface area contributed by atoms with Crippen molar-refractivity contribution in [2.24, 2.45) is 0 Å². The first-order valence-electron chi connectivity index (χ1n) is 4.91. The fraction of sp³-hybridized carbons (Fsp3) is 0.500. The van der Waals surface area contributed by atoms with E-state index in [1.54, 1.807) is 12.4 Å². The minimum atomic E-state index is 0.745. The summed E-state index contributed by atoms with van der Waals surface area (Å²) in [5, 5.41) is 4.09. The molecule has 1 atom stereocenters. The second kappa shape index (κ2) is 4.55. The van der Waals surface area contributed by atoms with Crippen LogP contribution in [0.5, 0.6) is 0 Å². The minimum Gasteiger partial charge on any atom is -0.397 e. The molecule has 0 radical (unpaired) electrons. The van der Waals surface area contributed by atoms with Crippen LogP contribution in [0, 0.1) is 0 Å². The molecule has 76 valence electrons. The quantitative estimate of drug-likeness (QED) is 0.799. The highest BCUT2D eigenvalue weighted by atomic mass is 32.2. The summed E-state index contributed by atoms with van der Waals surface area (Å²) in [6.45, 7) is 1.00. The van der Waals surface area contributed by atoms with E-state index >= 15 is 0 Å². The van der Waals surface area contributed by atoms with Crippen LogP contribution in [0.4, 0.5) is 11.4 Å². The van der Waals surface area contributed by atoms with Crippen LogP contribution in [0.3, 0.4) is 0 Å². The van der Waals surface area contributed by atoms with E-state index < -0.39 is 0 Å². The number of nitrogens with one attached hydrogen (secondary N) is 1. The SMILES string of the molecule is Nc1ccncc1NCC1CCCS1. The maximum Gasteiger partial charge on any atom is 0.0760 e. The van der Waals surface area contributed by atoms with Crippen LogP contribution < -0.4 is 11.1 Å². The number of anilines is 2. The van der Waals surface area contributed by atoms with Crippen LogP contribution in [-0.4, -0.2) is 22.5 Å². The normalized spacial score (nSPS) is 21.0. The van der Waals surface area contributed by atoms with Crippen molar-refractivity contribution in [2.75, 3.05) is 23.3 Å². The van der Waals surface area contributed by atoms with Gasteiger partial charge in [-0.3, -0.25) is 4.98 Å². The van der Waals surface area contributed by atoms with Crippen LogP contribution in [-0.2, 0) is 0 Å². The fourth-order valence-corrected chi connectivity index (χ4v) is 2.78. The average Bonchev–Trinajstić information content (AvgIpc) is 2.69. The Labute approximate surface area is 88.5 Å². The van der Waals surface area contributed by atoms with Gasteiger partial charge in [-0.15, -0.1) is 0 Å². The molecular weight excluding hydrogens is 194 g/mol. The molecule has 0 amide bonds. The molecule has 3 nitrogen and oxygen atoms in total. The Balaban J connectivity index is 1.88. The summed E-state index contributed by atoms with van der Waals surface area (Å²) in [6, 6.07) is 1.82. The Morgan fingerprint density at radius 3 is 3.29 bits per heavy atom. The zero-order valence-electron chi connectivity index (χ0n) is 8.07. The molecule has 2 rings (SSSR count). The van der Waals surface area contributed by atoms with Gasteiger partial charge >= 0.3 is 0 Å². The van der Waals surface area contributed by atoms with Gasteiger partial charge in [0, 0.05) is 18.0 Å². The van der Waals surface area contributed by atoms with E-state index in [0.29, 0.717) is 0 Å². The second-order valence-electron chi connectivity index (χ2n) is 3.48. The van der Waals surface area contributed by atoms with E-state index in [2.05, 4.69) is 10.3 Å². The lowest BCUT2D eigenvalue weighted by molar-refractivity contribution is 0.805. The minimum absolute atomic E-state index is 0.745. The van der Waals surface area contributed by atoms with Gasteiger partial charge in [-0.25, -0.2) is 0 Å². The first-order valence-corrected chi connectivity index (χ1v) is 5.96. The lowest BCUT2D eigenvalue weighted by atomic mass is 10.2. The average molecular weight is 209 g/mol. The standard InChI is InChI=1S/C10H15N3S/c11-9-3-4-12-7-10(9)13-6-8-2-1-5-14-8/h3-4,7-8,13H,1-2,5-6H2,(H2,11,12). The third-order valence-electron chi connectivity index (χ3n) is 2.40. The highest BCUT2D eigenvalue weighted by molar-refractivity contribution is 8.00. The number of nitrogen functional groups attached to an aromatic ring is 1. The number of rotatable bonds is 3. The molecule has 1 unspecified atom stereocenters. The predicted molar refractivity (Wildman–Crippen MR) is 62.6 cm³/mol. The van der Waals surface area contributed by atoms with Gasteiger partial charge < -0.3 is 11.1 Å². The number of nitrogens with zero attached hydrogens (tertiary/aromatic N) is 1. The Morgan fingerprint density at radius 2 is 2.57 bits per heavy atom. The molecule has 1 aromatic heterocycles. The van der Waals surface area contributed by atoms with E-state index in [1.165, 1.54) is 18.6 Å². The molecule has 0 spiro atoms. The van der Waals surface area contributed by atoms with Crippen molar-refractivity contribution < 1.29 is 0 Å². The van der Waals surface area contributed by atoms with E-state index in [4.69, 9.17) is 5.73 Å². The van der Waals surface area contributed by atoms with Crippen LogP contribution >= 0.6 is 11.8 Å². The number of hydrogen-bond donors (Lipinski definition) is 2. The molecule has 2 heterocycles. The summed E-state index contributed by atoms with van der Waals surface area (Å²) < 4.78 is 0. The first kappa shape index (κ1) is 9.65. The third kappa shape index (κ3) is 2.32. The largest absolute Gasteiger partial charge is 0.397 e. The van der Waals surface area contributed by atoms with E-state index in [-0.39, 0.29) is 0 Å². The van der Waals surface area contributed by atoms with E-state index in [1.807, 2.05) is 17.8 Å². The summed E-state index contributed by atoms with van der Waals surface area (Å²) >= 11 is 2.04. The lowest BCUT2D eigenvalue weighted by Crippen LogP contribution is -2.14. The summed E-state index contributed by atoms with van der Waals surface area (Å²) in [5.41, 5.74) is 7.53. The summed E-state index contributed by atoms with van der Waals surface area (Å²) in [4.78, 5) is 4.04. The Bertz CT molecular complexity index is 297. The van der Waals surface area contributed by atoms with Crippen LogP contribution in [0.1, 0.15) is 12.8 Å². The number of hydrogen-bond acceptors (Lipinski definition) is 4. The molecular formula is C10H15N3S. The van der Waals surface area contributed by atoms with Crippen molar-refractivity contribution in [3.8, 4) is 0 Å². The summed E-state index contributed by atoms with van der Waals surface area (Å²) in [6.07, 6.45) is 6.16. The van der Waals surface area contributed by atoms with Gasteiger partial charge in [-0.1, -0.05) is 0 Å². The Kier molecular flexibility index (Phi) is 3.14. The molecule has 0 bridgehead atoms. The number of aromatic nitrogens is 1. The van der Waals surface area contributed by atoms with Gasteiger partial charge in [0.2, 0.25) is 0 Å². The molecule has 4 heteroatoms. The van der Waals surface area contributed by atoms with Gasteiger partial charge in [0.05, 0.1) is 17.6 Å². The monoisotopic (exact) mass is 209 g/mol. The molecule has 3 N–H and O–H groups in total. The van der Waals surface area contributed by atoms with Crippen molar-refractivity contribution in [3.63, 3.8) is 0 Å². The summed E-state index contributed by atoms with van der Waals surface area (Å²) in [7, 11) is 0. The highest BCUT2D eigenvalue weighted by Gasteiger charge is 2.15. The van der Waals surface area contributed by atoms with E-state index in [0.717, 1.165) is 23.2 Å². The molecule has 1 aliphatic heterocycles. The van der Waals surface area contributed by atoms with Crippen molar-refractivity contribution in [1.29, 1.82) is 0 Å². The lowest BCUT2D eigenvalue weighted by Gasteiger charge is -2.12. The third-order valence-corrected chi connectivity index (χ3v) is 3.80. The molecule has 0 aliphatic carbocycles. The zero-order valence-corrected chi connectivity index (χ0v) is 8.89. The zero-order chi connectivity index (χ0) is 9.80. The number of pyridine rings is 1. The van der Waals surface area contributed by atoms with Crippen LogP contribution in [0.15, 0.2) is 18.5 Å². The second-order valence-corrected chi connectivity index (χ2v) is 4.89. The van der Waals surface area contributed by atoms with E-state index in [9.17, 15) is 0 Å². The fourth-order valence-electron chi connectivity index (χ4n) is 1.58. The molecule has 1 aliphatic rings. The first-order chi connectivity index (χ1) is 6.86. The highest BCUT2D eigenvalue weighted by Crippen LogP contribution is 2.26. The maximum atomic E-state index is 5.80. The molecule has 1 fully saturated rings. The molecule has 1 saturated heterocycles. The van der Waals surface area contributed by atoms with Crippen molar-refractivity contribution in [3.05, 3.63) is 18.5 Å². The topological polar surface area (TPSA) is 50.9 Å². The van der Waals surface area contributed by atoms with Crippen molar-refractivity contribution in [2.45, 2.75) is 18.1 Å². The van der Waals surface area contributed by atoms with Gasteiger partial charge in [-0.2, -0.15) is 11.8 Å².